The fourth-order valence-corrected chi connectivity index (χ4v) is 4.29. The zero-order valence-corrected chi connectivity index (χ0v) is 15.3. The third-order valence-electron chi connectivity index (χ3n) is 5.90. The van der Waals surface area contributed by atoms with Crippen molar-refractivity contribution in [3.63, 3.8) is 0 Å². The highest BCUT2D eigenvalue weighted by Gasteiger charge is 2.47. The van der Waals surface area contributed by atoms with Gasteiger partial charge in [0.1, 0.15) is 0 Å². The van der Waals surface area contributed by atoms with Gasteiger partial charge in [0, 0.05) is 24.7 Å². The molecule has 142 valence electrons. The summed E-state index contributed by atoms with van der Waals surface area (Å²) in [5.74, 6) is -0.409. The van der Waals surface area contributed by atoms with Crippen molar-refractivity contribution in [3.8, 4) is 0 Å². The van der Waals surface area contributed by atoms with Crippen LogP contribution in [-0.2, 0) is 9.59 Å². The number of likely N-dealkylation sites (tertiary alicyclic amines) is 2. The summed E-state index contributed by atoms with van der Waals surface area (Å²) in [6, 6.07) is 9.35. The first-order valence-corrected chi connectivity index (χ1v) is 9.72. The van der Waals surface area contributed by atoms with Crippen LogP contribution in [0, 0.1) is 11.8 Å². The van der Waals surface area contributed by atoms with Crippen LogP contribution in [0.15, 0.2) is 42.5 Å². The molecule has 1 N–H and O–H groups in total. The van der Waals surface area contributed by atoms with Gasteiger partial charge >= 0.3 is 0 Å². The molecule has 2 fully saturated rings. The second-order valence-corrected chi connectivity index (χ2v) is 7.63. The van der Waals surface area contributed by atoms with Gasteiger partial charge in [-0.1, -0.05) is 30.4 Å². The van der Waals surface area contributed by atoms with Crippen LogP contribution in [0.25, 0.3) is 0 Å². The fourth-order valence-electron chi connectivity index (χ4n) is 4.29. The molecule has 4 rings (SSSR count). The number of hydrogen-bond donors (Lipinski definition) is 1. The predicted octanol–water partition coefficient (Wildman–Crippen LogP) is 1.79. The third-order valence-corrected chi connectivity index (χ3v) is 5.90. The molecule has 3 aliphatic rings. The zero-order valence-electron chi connectivity index (χ0n) is 15.3. The Morgan fingerprint density at radius 1 is 0.963 bits per heavy atom. The van der Waals surface area contributed by atoms with Crippen LogP contribution in [0.4, 0.5) is 0 Å². The maximum Gasteiger partial charge on any atom is 0.251 e. The summed E-state index contributed by atoms with van der Waals surface area (Å²) in [6.45, 7) is 1.92. The highest BCUT2D eigenvalue weighted by Crippen LogP contribution is 2.35. The van der Waals surface area contributed by atoms with Crippen molar-refractivity contribution in [1.82, 2.24) is 15.1 Å². The second kappa shape index (κ2) is 7.64. The van der Waals surface area contributed by atoms with Gasteiger partial charge in [-0.2, -0.15) is 0 Å². The number of nitrogens with one attached hydrogen (secondary N) is 1. The molecule has 0 radical (unpaired) electrons. The van der Waals surface area contributed by atoms with Crippen LogP contribution in [-0.4, -0.2) is 53.3 Å². The van der Waals surface area contributed by atoms with E-state index < -0.39 is 0 Å². The molecule has 3 amide bonds. The average Bonchev–Trinajstić information content (AvgIpc) is 2.95. The summed E-state index contributed by atoms with van der Waals surface area (Å²) in [6.07, 6.45) is 7.03. The van der Waals surface area contributed by atoms with Crippen LogP contribution in [0.1, 0.15) is 36.0 Å². The Morgan fingerprint density at radius 3 is 2.15 bits per heavy atom. The van der Waals surface area contributed by atoms with Gasteiger partial charge in [-0.25, -0.2) is 0 Å². The molecular weight excluding hydrogens is 342 g/mol. The molecule has 27 heavy (non-hydrogen) atoms. The van der Waals surface area contributed by atoms with Gasteiger partial charge in [0.05, 0.1) is 18.5 Å². The lowest BCUT2D eigenvalue weighted by Crippen LogP contribution is -2.49. The van der Waals surface area contributed by atoms with Crippen LogP contribution in [0.5, 0.6) is 0 Å². The number of piperidine rings is 1. The third kappa shape index (κ3) is 3.67. The molecule has 0 aromatic heterocycles. The van der Waals surface area contributed by atoms with Crippen LogP contribution >= 0.6 is 0 Å². The van der Waals surface area contributed by atoms with Crippen molar-refractivity contribution < 1.29 is 14.4 Å². The lowest BCUT2D eigenvalue weighted by Gasteiger charge is -2.34. The van der Waals surface area contributed by atoms with Crippen molar-refractivity contribution in [2.75, 3.05) is 19.8 Å². The second-order valence-electron chi connectivity index (χ2n) is 7.63. The topological polar surface area (TPSA) is 69.7 Å². The Balaban J connectivity index is 1.28. The van der Waals surface area contributed by atoms with Crippen LogP contribution in [0.2, 0.25) is 0 Å². The molecule has 2 saturated heterocycles. The zero-order chi connectivity index (χ0) is 18.8. The van der Waals surface area contributed by atoms with Gasteiger partial charge in [0.25, 0.3) is 5.91 Å². The van der Waals surface area contributed by atoms with E-state index in [0.29, 0.717) is 25.1 Å². The van der Waals surface area contributed by atoms with E-state index in [9.17, 15) is 14.4 Å². The molecule has 0 saturated carbocycles. The van der Waals surface area contributed by atoms with Gasteiger partial charge in [-0.05, 0) is 37.8 Å². The molecule has 2 atom stereocenters. The summed E-state index contributed by atoms with van der Waals surface area (Å²) in [4.78, 5) is 41.0. The number of allylic oxidation sites excluding steroid dienone is 2. The van der Waals surface area contributed by atoms with Crippen molar-refractivity contribution >= 4 is 17.7 Å². The molecule has 1 aromatic carbocycles. The van der Waals surface area contributed by atoms with Crippen LogP contribution in [0.3, 0.4) is 0 Å². The van der Waals surface area contributed by atoms with E-state index in [1.807, 2.05) is 42.5 Å². The van der Waals surface area contributed by atoms with Gasteiger partial charge in [-0.15, -0.1) is 0 Å². The highest BCUT2D eigenvalue weighted by molar-refractivity contribution is 6.05. The molecule has 6 nitrogen and oxygen atoms in total. The summed E-state index contributed by atoms with van der Waals surface area (Å²) < 4.78 is 0. The summed E-state index contributed by atoms with van der Waals surface area (Å²) in [5, 5.41) is 3.09. The van der Waals surface area contributed by atoms with E-state index >= 15 is 0 Å². The van der Waals surface area contributed by atoms with E-state index in [-0.39, 0.29) is 35.6 Å². The molecular formula is C21H25N3O3. The van der Waals surface area contributed by atoms with Crippen molar-refractivity contribution in [2.24, 2.45) is 11.8 Å². The quantitative estimate of drug-likeness (QED) is 0.651. The van der Waals surface area contributed by atoms with E-state index in [1.54, 1.807) is 0 Å². The van der Waals surface area contributed by atoms with Crippen molar-refractivity contribution in [3.05, 3.63) is 48.0 Å². The first-order chi connectivity index (χ1) is 13.1. The first-order valence-electron chi connectivity index (χ1n) is 9.72. The number of amides is 3. The number of rotatable bonds is 4. The SMILES string of the molecule is O=C(NC1CCN(CN2C(=O)C3CC=CCC3C2=O)CC1)c1ccccc1. The Kier molecular flexibility index (Phi) is 5.07. The Bertz CT molecular complexity index is 727. The Labute approximate surface area is 159 Å². The maximum absolute atomic E-state index is 12.6. The van der Waals surface area contributed by atoms with Crippen molar-refractivity contribution in [1.29, 1.82) is 0 Å². The number of fused-ring (bicyclic) bond motifs is 1. The highest BCUT2D eigenvalue weighted by atomic mass is 16.2. The normalized spacial score (nSPS) is 26.3. The molecule has 2 aliphatic heterocycles. The molecule has 2 heterocycles. The summed E-state index contributed by atoms with van der Waals surface area (Å²) >= 11 is 0. The number of carbonyl (C=O) groups is 3. The maximum atomic E-state index is 12.6. The first kappa shape index (κ1) is 17.9. The molecule has 1 aromatic rings. The minimum absolute atomic E-state index is 0.0196. The molecule has 6 heteroatoms. The predicted molar refractivity (Wildman–Crippen MR) is 101 cm³/mol. The molecule has 2 unspecified atom stereocenters. The van der Waals surface area contributed by atoms with Gasteiger partial charge in [0.2, 0.25) is 11.8 Å². The standard InChI is InChI=1S/C21H25N3O3/c25-19(15-6-2-1-3-7-15)22-16-10-12-23(13-11-16)14-24-20(26)17-8-4-5-9-18(17)21(24)27/h1-7,16-18H,8-14H2,(H,22,25). The fraction of sp³-hybridized carbons (Fsp3) is 0.476. The number of carbonyl (C=O) groups excluding carboxylic acids is 3. The van der Waals surface area contributed by atoms with Gasteiger partial charge in [-0.3, -0.25) is 24.2 Å². The lowest BCUT2D eigenvalue weighted by atomic mass is 9.85. The van der Waals surface area contributed by atoms with Gasteiger partial charge in [0.15, 0.2) is 0 Å². The largest absolute Gasteiger partial charge is 0.349 e. The Hall–Kier alpha value is -2.47. The monoisotopic (exact) mass is 367 g/mol. The number of nitrogens with zero attached hydrogens (tertiary/aromatic N) is 2. The molecule has 1 aliphatic carbocycles. The Morgan fingerprint density at radius 2 is 1.56 bits per heavy atom. The van der Waals surface area contributed by atoms with Crippen molar-refractivity contribution in [2.45, 2.75) is 31.7 Å². The van der Waals surface area contributed by atoms with E-state index in [0.717, 1.165) is 25.9 Å². The summed E-state index contributed by atoms with van der Waals surface area (Å²) in [5.41, 5.74) is 0.671. The minimum Gasteiger partial charge on any atom is -0.349 e. The number of hydrogen-bond acceptors (Lipinski definition) is 4. The number of benzene rings is 1. The lowest BCUT2D eigenvalue weighted by molar-refractivity contribution is -0.142. The van der Waals surface area contributed by atoms with E-state index in [2.05, 4.69) is 10.2 Å². The smallest absolute Gasteiger partial charge is 0.251 e. The van der Waals surface area contributed by atoms with E-state index in [1.165, 1.54) is 4.90 Å². The average molecular weight is 367 g/mol. The van der Waals surface area contributed by atoms with Gasteiger partial charge < -0.3 is 5.32 Å². The summed E-state index contributed by atoms with van der Waals surface area (Å²) in [7, 11) is 0. The van der Waals surface area contributed by atoms with E-state index in [4.69, 9.17) is 0 Å². The number of imide groups is 1. The molecule has 0 bridgehead atoms. The minimum atomic E-state index is -0.162. The van der Waals surface area contributed by atoms with Crippen LogP contribution < -0.4 is 5.32 Å². The molecule has 0 spiro atoms.